The van der Waals surface area contributed by atoms with Crippen molar-refractivity contribution in [2.24, 2.45) is 5.73 Å². The molecule has 4 nitrogen and oxygen atoms in total. The number of hydrogen-bond donors (Lipinski definition) is 2. The predicted octanol–water partition coefficient (Wildman–Crippen LogP) is 1.17. The van der Waals surface area contributed by atoms with E-state index in [0.717, 1.165) is 0 Å². The van der Waals surface area contributed by atoms with Crippen molar-refractivity contribution in [3.63, 3.8) is 0 Å². The Bertz CT molecular complexity index is 535. The molecule has 6 heteroatoms. The van der Waals surface area contributed by atoms with E-state index in [-0.39, 0.29) is 28.3 Å². The molecule has 20 heavy (non-hydrogen) atoms. The molecule has 1 aliphatic heterocycles. The number of hydrogen-bond acceptors (Lipinski definition) is 3. The first kappa shape index (κ1) is 14.9. The van der Waals surface area contributed by atoms with E-state index in [1.807, 2.05) is 11.8 Å². The number of nitrogens with two attached hydrogens (primary N) is 1. The number of nitrogens with one attached hydrogen (secondary N) is 1. The molecule has 0 bridgehead atoms. The SMILES string of the molecule is CCC1C(=O)NCCN1Cc1cccc(C(N)=S)c1F. The minimum absolute atomic E-state index is 0.00431. The van der Waals surface area contributed by atoms with Gasteiger partial charge in [-0.2, -0.15) is 0 Å². The Balaban J connectivity index is 2.23. The van der Waals surface area contributed by atoms with Crippen molar-refractivity contribution < 1.29 is 9.18 Å². The van der Waals surface area contributed by atoms with Gasteiger partial charge in [-0.25, -0.2) is 4.39 Å². The number of halogens is 1. The van der Waals surface area contributed by atoms with Gasteiger partial charge in [-0.3, -0.25) is 9.69 Å². The summed E-state index contributed by atoms with van der Waals surface area (Å²) in [5, 5.41) is 2.83. The summed E-state index contributed by atoms with van der Waals surface area (Å²) in [5.74, 6) is -0.384. The van der Waals surface area contributed by atoms with E-state index < -0.39 is 0 Å². The van der Waals surface area contributed by atoms with Gasteiger partial charge in [0.25, 0.3) is 0 Å². The average molecular weight is 295 g/mol. The van der Waals surface area contributed by atoms with E-state index in [1.54, 1.807) is 18.2 Å². The number of thiocarbonyl (C=S) groups is 1. The number of rotatable bonds is 4. The van der Waals surface area contributed by atoms with Gasteiger partial charge in [-0.15, -0.1) is 0 Å². The zero-order chi connectivity index (χ0) is 14.7. The van der Waals surface area contributed by atoms with E-state index >= 15 is 0 Å². The topological polar surface area (TPSA) is 58.4 Å². The second-order valence-electron chi connectivity index (χ2n) is 4.83. The molecule has 1 heterocycles. The van der Waals surface area contributed by atoms with Crippen LogP contribution < -0.4 is 11.1 Å². The summed E-state index contributed by atoms with van der Waals surface area (Å²) in [6.07, 6.45) is 0.697. The Kier molecular flexibility index (Phi) is 4.67. The molecular weight excluding hydrogens is 277 g/mol. The molecular formula is C14H18FN3OS. The fourth-order valence-corrected chi connectivity index (χ4v) is 2.66. The maximum atomic E-state index is 14.3. The van der Waals surface area contributed by atoms with Crippen LogP contribution in [0, 0.1) is 5.82 Å². The minimum Gasteiger partial charge on any atom is -0.389 e. The van der Waals surface area contributed by atoms with Gasteiger partial charge in [-0.05, 0) is 12.5 Å². The van der Waals surface area contributed by atoms with Crippen LogP contribution in [0.3, 0.4) is 0 Å². The summed E-state index contributed by atoms with van der Waals surface area (Å²) >= 11 is 4.84. The molecule has 108 valence electrons. The highest BCUT2D eigenvalue weighted by atomic mass is 32.1. The van der Waals surface area contributed by atoms with E-state index in [2.05, 4.69) is 5.32 Å². The van der Waals surface area contributed by atoms with Crippen LogP contribution in [-0.4, -0.2) is 34.9 Å². The second kappa shape index (κ2) is 6.28. The Hall–Kier alpha value is -1.53. The Morgan fingerprint density at radius 1 is 1.60 bits per heavy atom. The summed E-state index contributed by atoms with van der Waals surface area (Å²) < 4.78 is 14.3. The van der Waals surface area contributed by atoms with Crippen LogP contribution in [0.4, 0.5) is 4.39 Å². The molecule has 1 unspecified atom stereocenters. The van der Waals surface area contributed by atoms with Crippen molar-refractivity contribution in [2.75, 3.05) is 13.1 Å². The Morgan fingerprint density at radius 3 is 3.00 bits per heavy atom. The summed E-state index contributed by atoms with van der Waals surface area (Å²) in [6, 6.07) is 4.80. The first-order chi connectivity index (χ1) is 9.54. The second-order valence-corrected chi connectivity index (χ2v) is 5.27. The van der Waals surface area contributed by atoms with E-state index in [9.17, 15) is 9.18 Å². The zero-order valence-electron chi connectivity index (χ0n) is 11.4. The van der Waals surface area contributed by atoms with E-state index in [1.165, 1.54) is 0 Å². The van der Waals surface area contributed by atoms with Crippen LogP contribution in [0.2, 0.25) is 0 Å². The van der Waals surface area contributed by atoms with Gasteiger partial charge in [0.15, 0.2) is 0 Å². The lowest BCUT2D eigenvalue weighted by Crippen LogP contribution is -2.54. The lowest BCUT2D eigenvalue weighted by atomic mass is 10.1. The van der Waals surface area contributed by atoms with Crippen molar-refractivity contribution in [2.45, 2.75) is 25.9 Å². The molecule has 3 N–H and O–H groups in total. The smallest absolute Gasteiger partial charge is 0.237 e. The van der Waals surface area contributed by atoms with Crippen LogP contribution in [-0.2, 0) is 11.3 Å². The van der Waals surface area contributed by atoms with Gasteiger partial charge >= 0.3 is 0 Å². The third-order valence-electron chi connectivity index (χ3n) is 3.55. The number of amides is 1. The van der Waals surface area contributed by atoms with Crippen molar-refractivity contribution in [1.29, 1.82) is 0 Å². The van der Waals surface area contributed by atoms with Crippen LogP contribution in [0.25, 0.3) is 0 Å². The maximum absolute atomic E-state index is 14.3. The summed E-state index contributed by atoms with van der Waals surface area (Å²) in [4.78, 5) is 13.8. The standard InChI is InChI=1S/C14H18FN3OS/c1-2-11-14(19)17-6-7-18(11)8-9-4-3-5-10(12(9)15)13(16)20/h3-5,11H,2,6-8H2,1H3,(H2,16,20)(H,17,19). The minimum atomic E-state index is -0.388. The van der Waals surface area contributed by atoms with Crippen molar-refractivity contribution in [3.8, 4) is 0 Å². The third-order valence-corrected chi connectivity index (χ3v) is 3.77. The number of benzene rings is 1. The average Bonchev–Trinajstić information content (AvgIpc) is 2.41. The molecule has 1 aromatic carbocycles. The molecule has 1 atom stereocenters. The molecule has 1 saturated heterocycles. The Labute approximate surface area is 123 Å². The summed E-state index contributed by atoms with van der Waals surface area (Å²) in [6.45, 7) is 3.63. The maximum Gasteiger partial charge on any atom is 0.237 e. The van der Waals surface area contributed by atoms with Gasteiger partial charge in [-0.1, -0.05) is 31.3 Å². The molecule has 0 aromatic heterocycles. The fourth-order valence-electron chi connectivity index (χ4n) is 2.51. The van der Waals surface area contributed by atoms with Gasteiger partial charge in [0.1, 0.15) is 10.8 Å². The van der Waals surface area contributed by atoms with Gasteiger partial charge in [0.2, 0.25) is 5.91 Å². The number of nitrogens with zero attached hydrogens (tertiary/aromatic N) is 1. The van der Waals surface area contributed by atoms with E-state index in [0.29, 0.717) is 31.6 Å². The largest absolute Gasteiger partial charge is 0.389 e. The molecule has 1 amide bonds. The lowest BCUT2D eigenvalue weighted by Gasteiger charge is -2.34. The van der Waals surface area contributed by atoms with Crippen LogP contribution in [0.5, 0.6) is 0 Å². The third kappa shape index (κ3) is 2.96. The van der Waals surface area contributed by atoms with Gasteiger partial charge in [0, 0.05) is 30.8 Å². The zero-order valence-corrected chi connectivity index (χ0v) is 12.2. The molecule has 0 aliphatic carbocycles. The number of piperazine rings is 1. The fraction of sp³-hybridized carbons (Fsp3) is 0.429. The highest BCUT2D eigenvalue weighted by molar-refractivity contribution is 7.80. The highest BCUT2D eigenvalue weighted by Gasteiger charge is 2.28. The number of carbonyl (C=O) groups excluding carboxylic acids is 1. The highest BCUT2D eigenvalue weighted by Crippen LogP contribution is 2.18. The molecule has 2 rings (SSSR count). The predicted molar refractivity (Wildman–Crippen MR) is 79.8 cm³/mol. The lowest BCUT2D eigenvalue weighted by molar-refractivity contribution is -0.129. The first-order valence-electron chi connectivity index (χ1n) is 6.63. The van der Waals surface area contributed by atoms with Crippen LogP contribution >= 0.6 is 12.2 Å². The molecule has 1 aromatic rings. The molecule has 0 saturated carbocycles. The van der Waals surface area contributed by atoms with E-state index in [4.69, 9.17) is 18.0 Å². The van der Waals surface area contributed by atoms with Crippen LogP contribution in [0.1, 0.15) is 24.5 Å². The van der Waals surface area contributed by atoms with Crippen LogP contribution in [0.15, 0.2) is 18.2 Å². The monoisotopic (exact) mass is 295 g/mol. The first-order valence-corrected chi connectivity index (χ1v) is 7.04. The molecule has 1 fully saturated rings. The van der Waals surface area contributed by atoms with Crippen molar-refractivity contribution >= 4 is 23.1 Å². The summed E-state index contributed by atoms with van der Waals surface area (Å²) in [7, 11) is 0. The quantitative estimate of drug-likeness (QED) is 0.819. The molecule has 0 spiro atoms. The molecule has 1 aliphatic rings. The Morgan fingerprint density at radius 2 is 2.35 bits per heavy atom. The number of carbonyl (C=O) groups is 1. The van der Waals surface area contributed by atoms with Crippen molar-refractivity contribution in [3.05, 3.63) is 35.1 Å². The van der Waals surface area contributed by atoms with Gasteiger partial charge in [0.05, 0.1) is 6.04 Å². The normalized spacial score (nSPS) is 19.7. The molecule has 0 radical (unpaired) electrons. The summed E-state index contributed by atoms with van der Waals surface area (Å²) in [5.41, 5.74) is 6.28. The van der Waals surface area contributed by atoms with Crippen molar-refractivity contribution in [1.82, 2.24) is 10.2 Å². The van der Waals surface area contributed by atoms with Gasteiger partial charge < -0.3 is 11.1 Å².